The smallest absolute Gasteiger partial charge is 0.140 e. The SMILES string of the molecule is CC(C)(C)C1CCC(C(=O)Cc2ccccc2)CC1. The van der Waals surface area contributed by atoms with Gasteiger partial charge in [-0.25, -0.2) is 0 Å². The lowest BCUT2D eigenvalue weighted by Gasteiger charge is -2.36. The molecule has 0 aliphatic heterocycles. The van der Waals surface area contributed by atoms with Crippen LogP contribution in [0.3, 0.4) is 0 Å². The summed E-state index contributed by atoms with van der Waals surface area (Å²) < 4.78 is 0. The van der Waals surface area contributed by atoms with Crippen molar-refractivity contribution in [3.05, 3.63) is 35.9 Å². The molecule has 1 heteroatoms. The van der Waals surface area contributed by atoms with Gasteiger partial charge in [-0.3, -0.25) is 4.79 Å². The van der Waals surface area contributed by atoms with Crippen molar-refractivity contribution in [2.24, 2.45) is 17.3 Å². The van der Waals surface area contributed by atoms with E-state index < -0.39 is 0 Å². The van der Waals surface area contributed by atoms with Crippen molar-refractivity contribution in [2.45, 2.75) is 52.9 Å². The predicted molar refractivity (Wildman–Crippen MR) is 80.1 cm³/mol. The zero-order valence-corrected chi connectivity index (χ0v) is 12.5. The topological polar surface area (TPSA) is 17.1 Å². The van der Waals surface area contributed by atoms with E-state index in [4.69, 9.17) is 0 Å². The Labute approximate surface area is 117 Å². The van der Waals surface area contributed by atoms with Crippen molar-refractivity contribution < 1.29 is 4.79 Å². The number of carbonyl (C=O) groups is 1. The highest BCUT2D eigenvalue weighted by Gasteiger charge is 2.31. The van der Waals surface area contributed by atoms with Crippen LogP contribution in [0, 0.1) is 17.3 Å². The summed E-state index contributed by atoms with van der Waals surface area (Å²) in [6.45, 7) is 6.97. The van der Waals surface area contributed by atoms with E-state index in [-0.39, 0.29) is 0 Å². The van der Waals surface area contributed by atoms with E-state index in [9.17, 15) is 4.79 Å². The van der Waals surface area contributed by atoms with Gasteiger partial charge in [0.15, 0.2) is 0 Å². The van der Waals surface area contributed by atoms with Crippen LogP contribution in [-0.2, 0) is 11.2 Å². The molecule has 1 aromatic carbocycles. The second-order valence-electron chi connectivity index (χ2n) is 7.04. The fraction of sp³-hybridized carbons (Fsp3) is 0.611. The first-order chi connectivity index (χ1) is 8.97. The number of benzene rings is 1. The van der Waals surface area contributed by atoms with E-state index in [1.807, 2.05) is 18.2 Å². The molecule has 1 saturated carbocycles. The van der Waals surface area contributed by atoms with E-state index >= 15 is 0 Å². The Hall–Kier alpha value is -1.11. The summed E-state index contributed by atoms with van der Waals surface area (Å²) in [4.78, 5) is 12.3. The third-order valence-electron chi connectivity index (χ3n) is 4.63. The molecule has 1 aromatic rings. The number of carbonyl (C=O) groups excluding carboxylic acids is 1. The molecular formula is C18H26O. The Morgan fingerprint density at radius 3 is 2.16 bits per heavy atom. The van der Waals surface area contributed by atoms with Crippen LogP contribution in [0.5, 0.6) is 0 Å². The lowest BCUT2D eigenvalue weighted by Crippen LogP contribution is -2.29. The maximum absolute atomic E-state index is 12.3. The number of Topliss-reactive ketones (excluding diaryl/α,β-unsaturated/α-hetero) is 1. The molecule has 0 N–H and O–H groups in total. The molecule has 0 aromatic heterocycles. The molecule has 0 saturated heterocycles. The third-order valence-corrected chi connectivity index (χ3v) is 4.63. The van der Waals surface area contributed by atoms with Gasteiger partial charge < -0.3 is 0 Å². The van der Waals surface area contributed by atoms with Gasteiger partial charge in [-0.05, 0) is 42.6 Å². The van der Waals surface area contributed by atoms with Gasteiger partial charge in [0.1, 0.15) is 5.78 Å². The van der Waals surface area contributed by atoms with Crippen LogP contribution in [0.15, 0.2) is 30.3 Å². The van der Waals surface area contributed by atoms with E-state index in [2.05, 4.69) is 32.9 Å². The van der Waals surface area contributed by atoms with Crippen LogP contribution in [0.25, 0.3) is 0 Å². The Bertz CT molecular complexity index is 405. The lowest BCUT2D eigenvalue weighted by molar-refractivity contribution is -0.123. The molecule has 19 heavy (non-hydrogen) atoms. The molecule has 0 unspecified atom stereocenters. The summed E-state index contributed by atoms with van der Waals surface area (Å²) >= 11 is 0. The summed E-state index contributed by atoms with van der Waals surface area (Å²) in [5.74, 6) is 1.53. The first-order valence-corrected chi connectivity index (χ1v) is 7.53. The zero-order chi connectivity index (χ0) is 13.9. The van der Waals surface area contributed by atoms with Gasteiger partial charge in [0.2, 0.25) is 0 Å². The first-order valence-electron chi connectivity index (χ1n) is 7.53. The minimum atomic E-state index is 0.304. The highest BCUT2D eigenvalue weighted by Crippen LogP contribution is 2.40. The van der Waals surface area contributed by atoms with Crippen LogP contribution in [0.1, 0.15) is 52.0 Å². The van der Waals surface area contributed by atoms with Crippen LogP contribution in [0.2, 0.25) is 0 Å². The molecule has 0 heterocycles. The summed E-state index contributed by atoms with van der Waals surface area (Å²) in [7, 11) is 0. The summed E-state index contributed by atoms with van der Waals surface area (Å²) in [6.07, 6.45) is 5.23. The van der Waals surface area contributed by atoms with Gasteiger partial charge in [0, 0.05) is 12.3 Å². The van der Waals surface area contributed by atoms with Gasteiger partial charge in [0.05, 0.1) is 0 Å². The van der Waals surface area contributed by atoms with Crippen molar-refractivity contribution in [3.63, 3.8) is 0 Å². The molecule has 0 atom stereocenters. The summed E-state index contributed by atoms with van der Waals surface area (Å²) in [5, 5.41) is 0. The molecule has 1 aliphatic carbocycles. The molecular weight excluding hydrogens is 232 g/mol. The molecule has 0 spiro atoms. The van der Waals surface area contributed by atoms with Crippen LogP contribution in [-0.4, -0.2) is 5.78 Å². The quantitative estimate of drug-likeness (QED) is 0.771. The Morgan fingerprint density at radius 1 is 1.05 bits per heavy atom. The molecule has 0 radical (unpaired) electrons. The summed E-state index contributed by atoms with van der Waals surface area (Å²) in [6, 6.07) is 10.1. The van der Waals surface area contributed by atoms with Crippen molar-refractivity contribution >= 4 is 5.78 Å². The monoisotopic (exact) mass is 258 g/mol. The van der Waals surface area contributed by atoms with E-state index in [1.165, 1.54) is 12.8 Å². The van der Waals surface area contributed by atoms with Gasteiger partial charge in [-0.15, -0.1) is 0 Å². The molecule has 0 amide bonds. The van der Waals surface area contributed by atoms with Crippen molar-refractivity contribution in [2.75, 3.05) is 0 Å². The number of rotatable bonds is 3. The third kappa shape index (κ3) is 3.92. The van der Waals surface area contributed by atoms with Gasteiger partial charge in [-0.2, -0.15) is 0 Å². The summed E-state index contributed by atoms with van der Waals surface area (Å²) in [5.41, 5.74) is 1.55. The highest BCUT2D eigenvalue weighted by molar-refractivity contribution is 5.83. The van der Waals surface area contributed by atoms with Crippen molar-refractivity contribution in [1.82, 2.24) is 0 Å². The maximum Gasteiger partial charge on any atom is 0.140 e. The average Bonchev–Trinajstić information content (AvgIpc) is 2.39. The minimum Gasteiger partial charge on any atom is -0.299 e. The highest BCUT2D eigenvalue weighted by atomic mass is 16.1. The van der Waals surface area contributed by atoms with Crippen LogP contribution >= 0.6 is 0 Å². The molecule has 104 valence electrons. The number of hydrogen-bond acceptors (Lipinski definition) is 1. The van der Waals surface area contributed by atoms with Gasteiger partial charge in [-0.1, -0.05) is 51.1 Å². The molecule has 1 fully saturated rings. The molecule has 2 rings (SSSR count). The zero-order valence-electron chi connectivity index (χ0n) is 12.5. The minimum absolute atomic E-state index is 0.304. The predicted octanol–water partition coefficient (Wildman–Crippen LogP) is 4.65. The second kappa shape index (κ2) is 5.90. The Morgan fingerprint density at radius 2 is 1.63 bits per heavy atom. The molecule has 1 nitrogen and oxygen atoms in total. The van der Waals surface area contributed by atoms with Crippen LogP contribution < -0.4 is 0 Å². The molecule has 0 bridgehead atoms. The number of hydrogen-bond donors (Lipinski definition) is 0. The second-order valence-corrected chi connectivity index (χ2v) is 7.04. The van der Waals surface area contributed by atoms with Crippen LogP contribution in [0.4, 0.5) is 0 Å². The maximum atomic E-state index is 12.3. The van der Waals surface area contributed by atoms with Gasteiger partial charge >= 0.3 is 0 Å². The van der Waals surface area contributed by atoms with E-state index in [0.717, 1.165) is 24.3 Å². The van der Waals surface area contributed by atoms with E-state index in [0.29, 0.717) is 23.5 Å². The lowest BCUT2D eigenvalue weighted by atomic mass is 9.69. The Balaban J connectivity index is 1.86. The van der Waals surface area contributed by atoms with Gasteiger partial charge in [0.25, 0.3) is 0 Å². The normalized spacial score (nSPS) is 24.2. The molecule has 1 aliphatic rings. The first kappa shape index (κ1) is 14.3. The van der Waals surface area contributed by atoms with Crippen molar-refractivity contribution in [1.29, 1.82) is 0 Å². The standard InChI is InChI=1S/C18H26O/c1-18(2,3)16-11-9-15(10-12-16)17(19)13-14-7-5-4-6-8-14/h4-8,15-16H,9-13H2,1-3H3. The fourth-order valence-corrected chi connectivity index (χ4v) is 3.22. The van der Waals surface area contributed by atoms with Crippen molar-refractivity contribution in [3.8, 4) is 0 Å². The average molecular weight is 258 g/mol. The Kier molecular flexibility index (Phi) is 4.44. The largest absolute Gasteiger partial charge is 0.299 e. The number of ketones is 1. The fourth-order valence-electron chi connectivity index (χ4n) is 3.22. The van der Waals surface area contributed by atoms with E-state index in [1.54, 1.807) is 0 Å².